The number of rotatable bonds is 7. The van der Waals surface area contributed by atoms with E-state index in [4.69, 9.17) is 0 Å². The Morgan fingerprint density at radius 2 is 1.62 bits per heavy atom. The first-order valence-corrected chi connectivity index (χ1v) is 15.2. The number of carbonyl (C=O) groups excluding carboxylic acids is 2. The second-order valence-electron chi connectivity index (χ2n) is 10.4. The normalized spacial score (nSPS) is 18.9. The van der Waals surface area contributed by atoms with Gasteiger partial charge in [-0.3, -0.25) is 14.5 Å². The Kier molecular flexibility index (Phi) is 8.02. The van der Waals surface area contributed by atoms with Crippen molar-refractivity contribution in [2.24, 2.45) is 0 Å². The summed E-state index contributed by atoms with van der Waals surface area (Å²) >= 11 is 0. The maximum Gasteiger partial charge on any atom is 0.255 e. The van der Waals surface area contributed by atoms with Crippen LogP contribution in [-0.2, 0) is 14.8 Å². The summed E-state index contributed by atoms with van der Waals surface area (Å²) in [4.78, 5) is 30.3. The summed E-state index contributed by atoms with van der Waals surface area (Å²) in [6.07, 6.45) is 3.09. The van der Waals surface area contributed by atoms with Crippen LogP contribution < -0.4 is 10.0 Å². The molecule has 206 valence electrons. The van der Waals surface area contributed by atoms with Crippen LogP contribution in [-0.4, -0.2) is 68.3 Å². The topological polar surface area (TPSA) is 98.8 Å². The first-order valence-electron chi connectivity index (χ1n) is 13.7. The molecule has 2 heterocycles. The molecule has 3 aromatic carbocycles. The number of likely N-dealkylation sites (N-methyl/N-ethyl adjacent to an activating group) is 1. The predicted molar refractivity (Wildman–Crippen MR) is 153 cm³/mol. The lowest BCUT2D eigenvalue weighted by atomic mass is 10.0. The molecule has 2 aliphatic heterocycles. The van der Waals surface area contributed by atoms with E-state index in [0.29, 0.717) is 48.0 Å². The number of nitrogens with one attached hydrogen (secondary N) is 2. The van der Waals surface area contributed by atoms with Crippen molar-refractivity contribution in [2.75, 3.05) is 31.5 Å². The van der Waals surface area contributed by atoms with Gasteiger partial charge in [-0.1, -0.05) is 49.4 Å². The lowest BCUT2D eigenvalue weighted by Gasteiger charge is -2.35. The summed E-state index contributed by atoms with van der Waals surface area (Å²) in [6.45, 7) is 6.89. The van der Waals surface area contributed by atoms with Gasteiger partial charge < -0.3 is 10.2 Å². The Hall–Kier alpha value is -3.27. The molecule has 0 aliphatic carbocycles. The fraction of sp³-hybridized carbons (Fsp3) is 0.400. The summed E-state index contributed by atoms with van der Waals surface area (Å²) in [7, 11) is -3.83. The van der Waals surface area contributed by atoms with E-state index in [9.17, 15) is 18.0 Å². The summed E-state index contributed by atoms with van der Waals surface area (Å²) in [5.74, 6) is -0.0714. The smallest absolute Gasteiger partial charge is 0.255 e. The van der Waals surface area contributed by atoms with E-state index in [-0.39, 0.29) is 28.8 Å². The molecule has 3 aromatic rings. The molecule has 0 bridgehead atoms. The van der Waals surface area contributed by atoms with E-state index in [0.717, 1.165) is 31.5 Å². The summed E-state index contributed by atoms with van der Waals surface area (Å²) in [6, 6.07) is 17.4. The van der Waals surface area contributed by atoms with Crippen molar-refractivity contribution in [1.82, 2.24) is 14.5 Å². The van der Waals surface area contributed by atoms with Gasteiger partial charge in [0.25, 0.3) is 5.91 Å². The Morgan fingerprint density at radius 3 is 2.36 bits per heavy atom. The molecule has 2 amide bonds. The van der Waals surface area contributed by atoms with Gasteiger partial charge in [-0.15, -0.1) is 0 Å². The number of hydrogen-bond acceptors (Lipinski definition) is 5. The number of anilines is 1. The lowest BCUT2D eigenvalue weighted by Crippen LogP contribution is -2.51. The highest BCUT2D eigenvalue weighted by Crippen LogP contribution is 2.30. The Bertz CT molecular complexity index is 1480. The van der Waals surface area contributed by atoms with Crippen LogP contribution in [0.1, 0.15) is 48.5 Å². The average molecular weight is 549 g/mol. The van der Waals surface area contributed by atoms with E-state index < -0.39 is 10.0 Å². The van der Waals surface area contributed by atoms with Crippen LogP contribution in [0.4, 0.5) is 5.69 Å². The number of nitrogens with zero attached hydrogens (tertiary/aromatic N) is 2. The van der Waals surface area contributed by atoms with Gasteiger partial charge in [-0.25, -0.2) is 13.1 Å². The SMILES string of the molecule is CCN1CCC[C@@H]1C(=O)N1CCC(NS(=O)(=O)c2cccc3c(NC(=O)c4ccccc4C)cccc23)CC1. The second kappa shape index (κ2) is 11.5. The van der Waals surface area contributed by atoms with Crippen LogP contribution >= 0.6 is 0 Å². The first kappa shape index (κ1) is 27.3. The highest BCUT2D eigenvalue weighted by Gasteiger charge is 2.35. The standard InChI is InChI=1S/C30H36N4O4S/c1-3-33-18-8-14-27(33)30(36)34-19-16-22(17-20-34)32-39(37,38)28-15-7-11-24-25(28)12-6-13-26(24)31-29(35)23-10-5-4-9-21(23)2/h4-7,9-13,15,22,27,32H,3,8,14,16-20H2,1-2H3,(H,31,35)/t27-/m1/s1. The minimum Gasteiger partial charge on any atom is -0.341 e. The Balaban J connectivity index is 1.29. The number of amides is 2. The van der Waals surface area contributed by atoms with Crippen LogP contribution in [0.15, 0.2) is 65.6 Å². The van der Waals surface area contributed by atoms with Gasteiger partial charge >= 0.3 is 0 Å². The van der Waals surface area contributed by atoms with Crippen molar-refractivity contribution in [3.05, 3.63) is 71.8 Å². The lowest BCUT2D eigenvalue weighted by molar-refractivity contribution is -0.137. The number of benzene rings is 3. The zero-order valence-electron chi connectivity index (χ0n) is 22.5. The van der Waals surface area contributed by atoms with E-state index in [1.807, 2.05) is 36.1 Å². The van der Waals surface area contributed by atoms with Gasteiger partial charge in [0, 0.05) is 41.2 Å². The third-order valence-electron chi connectivity index (χ3n) is 7.99. The number of fused-ring (bicyclic) bond motifs is 1. The molecular formula is C30H36N4O4S. The van der Waals surface area contributed by atoms with Gasteiger partial charge in [0.15, 0.2) is 0 Å². The number of carbonyl (C=O) groups is 2. The highest BCUT2D eigenvalue weighted by atomic mass is 32.2. The molecule has 0 radical (unpaired) electrons. The number of piperidine rings is 1. The first-order chi connectivity index (χ1) is 18.8. The van der Waals surface area contributed by atoms with Crippen LogP contribution in [0.25, 0.3) is 10.8 Å². The minimum absolute atomic E-state index is 0.0422. The summed E-state index contributed by atoms with van der Waals surface area (Å²) in [5.41, 5.74) is 1.99. The quantitative estimate of drug-likeness (QED) is 0.462. The predicted octanol–water partition coefficient (Wildman–Crippen LogP) is 4.15. The summed E-state index contributed by atoms with van der Waals surface area (Å²) in [5, 5.41) is 4.15. The fourth-order valence-electron chi connectivity index (χ4n) is 5.84. The Labute approximate surface area is 230 Å². The zero-order valence-corrected chi connectivity index (χ0v) is 23.3. The third-order valence-corrected chi connectivity index (χ3v) is 9.57. The van der Waals surface area contributed by atoms with Gasteiger partial charge in [0.2, 0.25) is 15.9 Å². The molecule has 2 saturated heterocycles. The largest absolute Gasteiger partial charge is 0.341 e. The maximum absolute atomic E-state index is 13.5. The zero-order chi connectivity index (χ0) is 27.6. The van der Waals surface area contributed by atoms with Crippen LogP contribution in [0.5, 0.6) is 0 Å². The van der Waals surface area contributed by atoms with Gasteiger partial charge in [-0.2, -0.15) is 0 Å². The molecule has 9 heteroatoms. The van der Waals surface area contributed by atoms with Crippen molar-refractivity contribution < 1.29 is 18.0 Å². The number of sulfonamides is 1. The highest BCUT2D eigenvalue weighted by molar-refractivity contribution is 7.89. The van der Waals surface area contributed by atoms with Crippen LogP contribution in [0.3, 0.4) is 0 Å². The molecule has 0 spiro atoms. The molecule has 39 heavy (non-hydrogen) atoms. The van der Waals surface area contributed by atoms with Crippen molar-refractivity contribution in [1.29, 1.82) is 0 Å². The van der Waals surface area contributed by atoms with Crippen molar-refractivity contribution >= 4 is 38.3 Å². The molecule has 2 aliphatic rings. The van der Waals surface area contributed by atoms with Crippen molar-refractivity contribution in [3.8, 4) is 0 Å². The molecule has 8 nitrogen and oxygen atoms in total. The van der Waals surface area contributed by atoms with Gasteiger partial charge in [-0.05, 0) is 69.5 Å². The number of aryl methyl sites for hydroxylation is 1. The maximum atomic E-state index is 13.5. The van der Waals surface area contributed by atoms with E-state index >= 15 is 0 Å². The second-order valence-corrected chi connectivity index (χ2v) is 12.1. The Morgan fingerprint density at radius 1 is 0.897 bits per heavy atom. The molecule has 0 saturated carbocycles. The van der Waals surface area contributed by atoms with Crippen LogP contribution in [0, 0.1) is 6.92 Å². The van der Waals surface area contributed by atoms with Crippen molar-refractivity contribution in [2.45, 2.75) is 56.5 Å². The molecule has 2 fully saturated rings. The minimum atomic E-state index is -3.83. The molecule has 2 N–H and O–H groups in total. The van der Waals surface area contributed by atoms with Gasteiger partial charge in [0.1, 0.15) is 0 Å². The third kappa shape index (κ3) is 5.71. The van der Waals surface area contributed by atoms with E-state index in [1.165, 1.54) is 0 Å². The molecule has 1 atom stereocenters. The van der Waals surface area contributed by atoms with Crippen LogP contribution in [0.2, 0.25) is 0 Å². The molecular weight excluding hydrogens is 512 g/mol. The average Bonchev–Trinajstić information content (AvgIpc) is 3.42. The molecule has 0 aromatic heterocycles. The fourth-order valence-corrected chi connectivity index (χ4v) is 7.36. The monoisotopic (exact) mass is 548 g/mol. The number of likely N-dealkylation sites (tertiary alicyclic amines) is 2. The van der Waals surface area contributed by atoms with Gasteiger partial charge in [0.05, 0.1) is 10.9 Å². The number of hydrogen-bond donors (Lipinski definition) is 2. The van der Waals surface area contributed by atoms with Crippen molar-refractivity contribution in [3.63, 3.8) is 0 Å². The summed E-state index contributed by atoms with van der Waals surface area (Å²) < 4.78 is 30.0. The van der Waals surface area contributed by atoms with E-state index in [1.54, 1.807) is 36.4 Å². The molecule has 0 unspecified atom stereocenters. The van der Waals surface area contributed by atoms with E-state index in [2.05, 4.69) is 21.9 Å². The molecule has 5 rings (SSSR count).